The van der Waals surface area contributed by atoms with Crippen molar-refractivity contribution in [3.63, 3.8) is 0 Å². The lowest BCUT2D eigenvalue weighted by atomic mass is 10.3. The molecule has 0 bridgehead atoms. The molecule has 0 aliphatic heterocycles. The van der Waals surface area contributed by atoms with Gasteiger partial charge in [0, 0.05) is 12.2 Å². The Morgan fingerprint density at radius 3 is 2.78 bits per heavy atom. The van der Waals surface area contributed by atoms with Gasteiger partial charge in [-0.3, -0.25) is 0 Å². The molecule has 4 nitrogen and oxygen atoms in total. The Balaban J connectivity index is 2.30. The van der Waals surface area contributed by atoms with Crippen LogP contribution in [0.4, 0.5) is 4.39 Å². The lowest BCUT2D eigenvalue weighted by Gasteiger charge is -2.07. The first kappa shape index (κ1) is 12.9. The van der Waals surface area contributed by atoms with Crippen LogP contribution in [-0.2, 0) is 6.54 Å². The number of aryl methyl sites for hydroxylation is 1. The predicted octanol–water partition coefficient (Wildman–Crippen LogP) is 2.94. The maximum absolute atomic E-state index is 12.9. The van der Waals surface area contributed by atoms with Crippen molar-refractivity contribution in [2.45, 2.75) is 13.5 Å². The third kappa shape index (κ3) is 3.02. The Labute approximate surface area is 112 Å². The Morgan fingerprint density at radius 2 is 2.11 bits per heavy atom. The van der Waals surface area contributed by atoms with E-state index < -0.39 is 0 Å². The molecule has 0 saturated carbocycles. The van der Waals surface area contributed by atoms with Crippen LogP contribution >= 0.6 is 15.9 Å². The van der Waals surface area contributed by atoms with E-state index in [2.05, 4.69) is 25.9 Å². The number of rotatable bonds is 3. The topological polar surface area (TPSA) is 61.0 Å². The van der Waals surface area contributed by atoms with Crippen molar-refractivity contribution < 1.29 is 9.13 Å². The van der Waals surface area contributed by atoms with E-state index in [9.17, 15) is 4.39 Å². The second-order valence-electron chi connectivity index (χ2n) is 3.66. The molecule has 0 spiro atoms. The number of hydrogen-bond donors (Lipinski definition) is 1. The number of hydrogen-bond acceptors (Lipinski definition) is 4. The molecular weight excluding hydrogens is 301 g/mol. The highest BCUT2D eigenvalue weighted by Crippen LogP contribution is 2.28. The van der Waals surface area contributed by atoms with E-state index >= 15 is 0 Å². The molecule has 0 unspecified atom stereocenters. The summed E-state index contributed by atoms with van der Waals surface area (Å²) >= 11 is 3.21. The largest absolute Gasteiger partial charge is 0.423 e. The normalized spacial score (nSPS) is 10.4. The highest BCUT2D eigenvalue weighted by Gasteiger charge is 2.07. The second kappa shape index (κ2) is 5.41. The predicted molar refractivity (Wildman–Crippen MR) is 68.8 cm³/mol. The summed E-state index contributed by atoms with van der Waals surface area (Å²) in [7, 11) is 0. The molecule has 1 heterocycles. The minimum Gasteiger partial charge on any atom is -0.423 e. The fourth-order valence-electron chi connectivity index (χ4n) is 1.41. The van der Waals surface area contributed by atoms with Crippen LogP contribution in [0, 0.1) is 12.7 Å². The number of ether oxygens (including phenoxy) is 1. The van der Waals surface area contributed by atoms with Crippen molar-refractivity contribution in [2.75, 3.05) is 0 Å². The maximum Gasteiger partial charge on any atom is 0.322 e. The number of nitrogens with zero attached hydrogens (tertiary/aromatic N) is 2. The highest BCUT2D eigenvalue weighted by molar-refractivity contribution is 9.10. The molecule has 1 aromatic heterocycles. The fourth-order valence-corrected chi connectivity index (χ4v) is 1.84. The lowest BCUT2D eigenvalue weighted by Crippen LogP contribution is -2.03. The van der Waals surface area contributed by atoms with Gasteiger partial charge in [-0.25, -0.2) is 9.37 Å². The molecule has 2 N–H and O–H groups in total. The molecule has 94 valence electrons. The van der Waals surface area contributed by atoms with Gasteiger partial charge in [-0.1, -0.05) is 0 Å². The molecule has 1 aromatic carbocycles. The van der Waals surface area contributed by atoms with E-state index in [0.29, 0.717) is 22.5 Å². The standard InChI is InChI=1S/C12H11BrFN3O/c1-7-4-9(6-15)17-12(16-7)18-11-3-2-8(14)5-10(11)13/h2-5H,6,15H2,1H3. The van der Waals surface area contributed by atoms with Crippen molar-refractivity contribution in [3.05, 3.63) is 45.9 Å². The van der Waals surface area contributed by atoms with E-state index in [4.69, 9.17) is 10.5 Å². The molecular formula is C12H11BrFN3O. The first-order valence-corrected chi connectivity index (χ1v) is 6.05. The molecule has 6 heteroatoms. The smallest absolute Gasteiger partial charge is 0.322 e. The molecule has 2 aromatic rings. The summed E-state index contributed by atoms with van der Waals surface area (Å²) in [4.78, 5) is 8.28. The van der Waals surface area contributed by atoms with Gasteiger partial charge in [-0.2, -0.15) is 4.98 Å². The minimum atomic E-state index is -0.345. The average Bonchev–Trinajstić information content (AvgIpc) is 2.32. The second-order valence-corrected chi connectivity index (χ2v) is 4.52. The molecule has 18 heavy (non-hydrogen) atoms. The summed E-state index contributed by atoms with van der Waals surface area (Å²) in [5, 5.41) is 0. The van der Waals surface area contributed by atoms with Crippen molar-refractivity contribution >= 4 is 15.9 Å². The lowest BCUT2D eigenvalue weighted by molar-refractivity contribution is 0.434. The van der Waals surface area contributed by atoms with Gasteiger partial charge in [0.15, 0.2) is 0 Å². The summed E-state index contributed by atoms with van der Waals surface area (Å²) in [5.74, 6) is 0.104. The summed E-state index contributed by atoms with van der Waals surface area (Å²) in [6.07, 6.45) is 0. The number of nitrogens with two attached hydrogens (primary N) is 1. The van der Waals surface area contributed by atoms with Crippen LogP contribution in [0.15, 0.2) is 28.7 Å². The van der Waals surface area contributed by atoms with Crippen LogP contribution in [0.25, 0.3) is 0 Å². The van der Waals surface area contributed by atoms with Crippen molar-refractivity contribution in [3.8, 4) is 11.8 Å². The quantitative estimate of drug-likeness (QED) is 0.946. The zero-order valence-electron chi connectivity index (χ0n) is 9.65. The zero-order chi connectivity index (χ0) is 13.1. The molecule has 0 fully saturated rings. The van der Waals surface area contributed by atoms with Gasteiger partial charge < -0.3 is 10.5 Å². The fraction of sp³-hybridized carbons (Fsp3) is 0.167. The number of halogens is 2. The highest BCUT2D eigenvalue weighted by atomic mass is 79.9. The van der Waals surface area contributed by atoms with Gasteiger partial charge in [0.1, 0.15) is 11.6 Å². The maximum atomic E-state index is 12.9. The molecule has 0 saturated heterocycles. The van der Waals surface area contributed by atoms with Crippen LogP contribution in [0.3, 0.4) is 0 Å². The molecule has 2 rings (SSSR count). The molecule has 0 aliphatic carbocycles. The Bertz CT molecular complexity index is 577. The van der Waals surface area contributed by atoms with E-state index in [1.54, 1.807) is 6.07 Å². The van der Waals surface area contributed by atoms with Crippen LogP contribution in [0.1, 0.15) is 11.4 Å². The Hall–Kier alpha value is -1.53. The first-order chi connectivity index (χ1) is 8.58. The minimum absolute atomic E-state index is 0.197. The van der Waals surface area contributed by atoms with Crippen LogP contribution in [0.5, 0.6) is 11.8 Å². The van der Waals surface area contributed by atoms with Gasteiger partial charge in [-0.05, 0) is 47.1 Å². The summed E-state index contributed by atoms with van der Waals surface area (Å²) in [5.41, 5.74) is 6.98. The Morgan fingerprint density at radius 1 is 1.33 bits per heavy atom. The Kier molecular flexibility index (Phi) is 3.88. The molecule has 0 atom stereocenters. The van der Waals surface area contributed by atoms with Crippen LogP contribution in [-0.4, -0.2) is 9.97 Å². The number of benzene rings is 1. The van der Waals surface area contributed by atoms with E-state index in [0.717, 1.165) is 5.69 Å². The zero-order valence-corrected chi connectivity index (χ0v) is 11.2. The molecule has 0 aliphatic rings. The van der Waals surface area contributed by atoms with Gasteiger partial charge in [0.05, 0.1) is 10.2 Å². The summed E-state index contributed by atoms with van der Waals surface area (Å²) in [6.45, 7) is 2.14. The third-order valence-electron chi connectivity index (χ3n) is 2.19. The number of aromatic nitrogens is 2. The van der Waals surface area contributed by atoms with E-state index in [1.165, 1.54) is 18.2 Å². The van der Waals surface area contributed by atoms with Crippen LogP contribution < -0.4 is 10.5 Å². The first-order valence-electron chi connectivity index (χ1n) is 5.26. The van der Waals surface area contributed by atoms with E-state index in [1.807, 2.05) is 6.92 Å². The monoisotopic (exact) mass is 311 g/mol. The van der Waals surface area contributed by atoms with Crippen molar-refractivity contribution in [2.24, 2.45) is 5.73 Å². The van der Waals surface area contributed by atoms with Crippen molar-refractivity contribution in [1.82, 2.24) is 9.97 Å². The third-order valence-corrected chi connectivity index (χ3v) is 2.81. The van der Waals surface area contributed by atoms with Gasteiger partial charge >= 0.3 is 6.01 Å². The average molecular weight is 312 g/mol. The molecule has 0 radical (unpaired) electrons. The van der Waals surface area contributed by atoms with Crippen LogP contribution in [0.2, 0.25) is 0 Å². The van der Waals surface area contributed by atoms with Gasteiger partial charge in [-0.15, -0.1) is 0 Å². The van der Waals surface area contributed by atoms with Gasteiger partial charge in [0.25, 0.3) is 0 Å². The summed E-state index contributed by atoms with van der Waals surface area (Å²) < 4.78 is 18.9. The van der Waals surface area contributed by atoms with Gasteiger partial charge in [0.2, 0.25) is 0 Å². The van der Waals surface area contributed by atoms with Crippen molar-refractivity contribution in [1.29, 1.82) is 0 Å². The SMILES string of the molecule is Cc1cc(CN)nc(Oc2ccc(F)cc2Br)n1. The van der Waals surface area contributed by atoms with E-state index in [-0.39, 0.29) is 11.8 Å². The summed E-state index contributed by atoms with van der Waals surface area (Å²) in [6, 6.07) is 6.11. The molecule has 0 amide bonds.